The fourth-order valence-electron chi connectivity index (χ4n) is 2.47. The van der Waals surface area contributed by atoms with Crippen LogP contribution >= 0.6 is 0 Å². The van der Waals surface area contributed by atoms with Gasteiger partial charge in [0, 0.05) is 19.2 Å². The molecule has 2 N–H and O–H groups in total. The van der Waals surface area contributed by atoms with E-state index in [4.69, 9.17) is 4.74 Å². The monoisotopic (exact) mass is 226 g/mol. The van der Waals surface area contributed by atoms with E-state index >= 15 is 0 Å². The largest absolute Gasteiger partial charge is 0.378 e. The fourth-order valence-corrected chi connectivity index (χ4v) is 2.47. The molecule has 0 aromatic rings. The van der Waals surface area contributed by atoms with Gasteiger partial charge in [-0.05, 0) is 38.6 Å². The molecular formula is C12H22N2O2. The number of ether oxygens (including phenoxy) is 1. The number of carbonyl (C=O) groups is 1. The lowest BCUT2D eigenvalue weighted by Gasteiger charge is -2.12. The highest BCUT2D eigenvalue weighted by molar-refractivity contribution is 5.76. The summed E-state index contributed by atoms with van der Waals surface area (Å²) >= 11 is 0. The van der Waals surface area contributed by atoms with E-state index in [2.05, 4.69) is 10.6 Å². The summed E-state index contributed by atoms with van der Waals surface area (Å²) in [4.78, 5) is 11.6. The number of nitrogens with one attached hydrogen (secondary N) is 2. The molecule has 0 spiro atoms. The van der Waals surface area contributed by atoms with Gasteiger partial charge < -0.3 is 15.4 Å². The lowest BCUT2D eigenvalue weighted by Crippen LogP contribution is -2.32. The minimum absolute atomic E-state index is 0.143. The Morgan fingerprint density at radius 2 is 2.31 bits per heavy atom. The van der Waals surface area contributed by atoms with Crippen molar-refractivity contribution in [2.75, 3.05) is 19.7 Å². The standard InChI is InChI=1S/C12H22N2O2/c15-12(9-11-4-2-8-16-11)14-7-5-10-3-1-6-13-10/h10-11,13H,1-9H2,(H,14,15)/t10-,11?/m1/s1. The Morgan fingerprint density at radius 1 is 1.38 bits per heavy atom. The van der Waals surface area contributed by atoms with Gasteiger partial charge in [0.15, 0.2) is 0 Å². The first-order valence-corrected chi connectivity index (χ1v) is 6.46. The number of amides is 1. The Morgan fingerprint density at radius 3 is 3.00 bits per heavy atom. The van der Waals surface area contributed by atoms with Crippen molar-refractivity contribution < 1.29 is 9.53 Å². The van der Waals surface area contributed by atoms with Crippen LogP contribution in [0.25, 0.3) is 0 Å². The number of carbonyl (C=O) groups excluding carboxylic acids is 1. The van der Waals surface area contributed by atoms with Crippen molar-refractivity contribution in [3.8, 4) is 0 Å². The summed E-state index contributed by atoms with van der Waals surface area (Å²) in [6, 6.07) is 0.614. The van der Waals surface area contributed by atoms with Gasteiger partial charge in [0.05, 0.1) is 12.5 Å². The van der Waals surface area contributed by atoms with E-state index in [1.807, 2.05) is 0 Å². The summed E-state index contributed by atoms with van der Waals surface area (Å²) in [7, 11) is 0. The maximum absolute atomic E-state index is 11.6. The Bertz CT molecular complexity index is 221. The van der Waals surface area contributed by atoms with Crippen LogP contribution in [0.15, 0.2) is 0 Å². The number of hydrogen-bond acceptors (Lipinski definition) is 3. The van der Waals surface area contributed by atoms with E-state index in [1.165, 1.54) is 12.8 Å². The molecule has 1 amide bonds. The summed E-state index contributed by atoms with van der Waals surface area (Å²) < 4.78 is 5.43. The van der Waals surface area contributed by atoms with Crippen molar-refractivity contribution in [3.05, 3.63) is 0 Å². The first kappa shape index (κ1) is 11.9. The molecule has 4 nitrogen and oxygen atoms in total. The van der Waals surface area contributed by atoms with Crippen molar-refractivity contribution in [2.24, 2.45) is 0 Å². The van der Waals surface area contributed by atoms with E-state index in [-0.39, 0.29) is 12.0 Å². The topological polar surface area (TPSA) is 50.4 Å². The SMILES string of the molecule is O=C(CC1CCCO1)NCC[C@H]1CCCN1. The smallest absolute Gasteiger partial charge is 0.222 e. The highest BCUT2D eigenvalue weighted by Crippen LogP contribution is 2.15. The molecule has 16 heavy (non-hydrogen) atoms. The van der Waals surface area contributed by atoms with Crippen LogP contribution < -0.4 is 10.6 Å². The average molecular weight is 226 g/mol. The second-order valence-corrected chi connectivity index (χ2v) is 4.77. The molecule has 2 aliphatic heterocycles. The van der Waals surface area contributed by atoms with E-state index < -0.39 is 0 Å². The minimum atomic E-state index is 0.143. The molecule has 4 heteroatoms. The highest BCUT2D eigenvalue weighted by Gasteiger charge is 2.19. The Kier molecular flexibility index (Phi) is 4.60. The minimum Gasteiger partial charge on any atom is -0.378 e. The average Bonchev–Trinajstić information content (AvgIpc) is 2.90. The summed E-state index contributed by atoms with van der Waals surface area (Å²) in [6.45, 7) is 2.75. The summed E-state index contributed by atoms with van der Waals surface area (Å²) in [5.41, 5.74) is 0. The Balaban J connectivity index is 1.52. The van der Waals surface area contributed by atoms with Crippen molar-refractivity contribution in [3.63, 3.8) is 0 Å². The van der Waals surface area contributed by atoms with Crippen LogP contribution in [0.1, 0.15) is 38.5 Å². The predicted octanol–water partition coefficient (Wildman–Crippen LogP) is 0.814. The van der Waals surface area contributed by atoms with Gasteiger partial charge in [-0.2, -0.15) is 0 Å². The third kappa shape index (κ3) is 3.76. The summed E-state index contributed by atoms with van der Waals surface area (Å²) in [6.07, 6.45) is 6.43. The zero-order valence-corrected chi connectivity index (χ0v) is 9.84. The van der Waals surface area contributed by atoms with E-state index in [1.54, 1.807) is 0 Å². The zero-order valence-electron chi connectivity index (χ0n) is 9.84. The molecule has 0 radical (unpaired) electrons. The zero-order chi connectivity index (χ0) is 11.2. The van der Waals surface area contributed by atoms with Crippen LogP contribution in [0.5, 0.6) is 0 Å². The van der Waals surface area contributed by atoms with Crippen molar-refractivity contribution in [1.29, 1.82) is 0 Å². The lowest BCUT2D eigenvalue weighted by atomic mass is 10.1. The molecule has 0 bridgehead atoms. The second-order valence-electron chi connectivity index (χ2n) is 4.77. The van der Waals surface area contributed by atoms with Gasteiger partial charge in [-0.25, -0.2) is 0 Å². The van der Waals surface area contributed by atoms with Crippen LogP contribution in [-0.4, -0.2) is 37.7 Å². The predicted molar refractivity (Wildman–Crippen MR) is 62.2 cm³/mol. The van der Waals surface area contributed by atoms with Crippen LogP contribution in [0.4, 0.5) is 0 Å². The van der Waals surface area contributed by atoms with Crippen molar-refractivity contribution in [2.45, 2.75) is 50.7 Å². The first-order valence-electron chi connectivity index (χ1n) is 6.46. The lowest BCUT2D eigenvalue weighted by molar-refractivity contribution is -0.123. The molecule has 2 atom stereocenters. The van der Waals surface area contributed by atoms with Crippen LogP contribution in [-0.2, 0) is 9.53 Å². The van der Waals surface area contributed by atoms with Crippen LogP contribution in [0.3, 0.4) is 0 Å². The molecule has 2 aliphatic rings. The van der Waals surface area contributed by atoms with Gasteiger partial charge in [0.2, 0.25) is 5.91 Å². The van der Waals surface area contributed by atoms with E-state index in [0.717, 1.165) is 39.0 Å². The van der Waals surface area contributed by atoms with Crippen molar-refractivity contribution >= 4 is 5.91 Å². The van der Waals surface area contributed by atoms with E-state index in [9.17, 15) is 4.79 Å². The summed E-state index contributed by atoms with van der Waals surface area (Å²) in [5.74, 6) is 0.143. The molecular weight excluding hydrogens is 204 g/mol. The molecule has 0 aromatic carbocycles. The van der Waals surface area contributed by atoms with Gasteiger partial charge >= 0.3 is 0 Å². The third-order valence-corrected chi connectivity index (χ3v) is 3.41. The van der Waals surface area contributed by atoms with Crippen LogP contribution in [0, 0.1) is 0 Å². The van der Waals surface area contributed by atoms with Crippen LogP contribution in [0.2, 0.25) is 0 Å². The maximum atomic E-state index is 11.6. The first-order chi connectivity index (χ1) is 7.84. The maximum Gasteiger partial charge on any atom is 0.222 e. The van der Waals surface area contributed by atoms with Gasteiger partial charge in [-0.1, -0.05) is 0 Å². The summed E-state index contributed by atoms with van der Waals surface area (Å²) in [5, 5.41) is 6.40. The molecule has 92 valence electrons. The van der Waals surface area contributed by atoms with Gasteiger partial charge in [-0.3, -0.25) is 4.79 Å². The number of hydrogen-bond donors (Lipinski definition) is 2. The van der Waals surface area contributed by atoms with Gasteiger partial charge in [0.1, 0.15) is 0 Å². The second kappa shape index (κ2) is 6.21. The molecule has 2 rings (SSSR count). The fraction of sp³-hybridized carbons (Fsp3) is 0.917. The third-order valence-electron chi connectivity index (χ3n) is 3.41. The molecule has 1 unspecified atom stereocenters. The molecule has 2 fully saturated rings. The van der Waals surface area contributed by atoms with E-state index in [0.29, 0.717) is 12.5 Å². The quantitative estimate of drug-likeness (QED) is 0.729. The van der Waals surface area contributed by atoms with Gasteiger partial charge in [0.25, 0.3) is 0 Å². The molecule has 0 saturated carbocycles. The Labute approximate surface area is 97.1 Å². The molecule has 2 saturated heterocycles. The molecule has 0 aromatic heterocycles. The highest BCUT2D eigenvalue weighted by atomic mass is 16.5. The van der Waals surface area contributed by atoms with Gasteiger partial charge in [-0.15, -0.1) is 0 Å². The molecule has 0 aliphatic carbocycles. The normalized spacial score (nSPS) is 29.5. The molecule has 2 heterocycles. The number of rotatable bonds is 5. The Hall–Kier alpha value is -0.610. The van der Waals surface area contributed by atoms with Crippen molar-refractivity contribution in [1.82, 2.24) is 10.6 Å².